The van der Waals surface area contributed by atoms with Gasteiger partial charge in [0.05, 0.1) is 12.1 Å². The van der Waals surface area contributed by atoms with Gasteiger partial charge in [0.1, 0.15) is 11.5 Å². The first-order chi connectivity index (χ1) is 9.76. The molecule has 4 heteroatoms. The van der Waals surface area contributed by atoms with Gasteiger partial charge < -0.3 is 14.5 Å². The second-order valence-corrected chi connectivity index (χ2v) is 5.80. The molecule has 1 aliphatic carbocycles. The van der Waals surface area contributed by atoms with Crippen LogP contribution in [-0.2, 0) is 0 Å². The van der Waals surface area contributed by atoms with Gasteiger partial charge >= 0.3 is 0 Å². The monoisotopic (exact) mass is 335 g/mol. The molecule has 1 N–H and O–H groups in total. The molecule has 1 heterocycles. The first kappa shape index (κ1) is 13.7. The van der Waals surface area contributed by atoms with Gasteiger partial charge in [0.15, 0.2) is 4.67 Å². The molecule has 0 bridgehead atoms. The second-order valence-electron chi connectivity index (χ2n) is 5.02. The number of hydrogen-bond donors (Lipinski definition) is 1. The number of ether oxygens (including phenoxy) is 1. The van der Waals surface area contributed by atoms with Crippen LogP contribution < -0.4 is 10.1 Å². The van der Waals surface area contributed by atoms with Crippen LogP contribution in [-0.4, -0.2) is 12.6 Å². The van der Waals surface area contributed by atoms with E-state index in [2.05, 4.69) is 40.3 Å². The van der Waals surface area contributed by atoms with Gasteiger partial charge in [-0.3, -0.25) is 0 Å². The third-order valence-corrected chi connectivity index (χ3v) is 3.75. The number of halogens is 1. The van der Waals surface area contributed by atoms with Crippen LogP contribution in [0.2, 0.25) is 0 Å². The summed E-state index contributed by atoms with van der Waals surface area (Å²) in [5, 5.41) is 3.45. The molecule has 0 aliphatic heterocycles. The Labute approximate surface area is 127 Å². The van der Waals surface area contributed by atoms with Crippen molar-refractivity contribution >= 4 is 15.9 Å². The molecule has 1 saturated carbocycles. The predicted molar refractivity (Wildman–Crippen MR) is 82.0 cm³/mol. The largest absolute Gasteiger partial charge is 0.490 e. The molecule has 0 saturated heterocycles. The van der Waals surface area contributed by atoms with Gasteiger partial charge in [-0.2, -0.15) is 0 Å². The van der Waals surface area contributed by atoms with Crippen molar-refractivity contribution in [3.8, 4) is 5.75 Å². The van der Waals surface area contributed by atoms with Gasteiger partial charge in [-0.1, -0.05) is 19.1 Å². The minimum Gasteiger partial charge on any atom is -0.490 e. The number of rotatable bonds is 6. The SMILES string of the molecule is CCNC(c1ccc(OC2CC2)cc1)c1ccc(Br)o1. The summed E-state index contributed by atoms with van der Waals surface area (Å²) >= 11 is 3.36. The molecular formula is C16H18BrNO2. The summed E-state index contributed by atoms with van der Waals surface area (Å²) < 4.78 is 12.2. The van der Waals surface area contributed by atoms with E-state index >= 15 is 0 Å². The highest BCUT2D eigenvalue weighted by Gasteiger charge is 2.23. The third kappa shape index (κ3) is 3.25. The predicted octanol–water partition coefficient (Wildman–Crippen LogP) is 4.28. The van der Waals surface area contributed by atoms with Gasteiger partial charge in [-0.15, -0.1) is 0 Å². The molecular weight excluding hydrogens is 318 g/mol. The lowest BCUT2D eigenvalue weighted by Crippen LogP contribution is -2.21. The van der Waals surface area contributed by atoms with Crippen LogP contribution >= 0.6 is 15.9 Å². The van der Waals surface area contributed by atoms with E-state index < -0.39 is 0 Å². The Morgan fingerprint density at radius 3 is 2.55 bits per heavy atom. The highest BCUT2D eigenvalue weighted by molar-refractivity contribution is 9.10. The molecule has 20 heavy (non-hydrogen) atoms. The van der Waals surface area contributed by atoms with Crippen LogP contribution in [0.15, 0.2) is 45.5 Å². The van der Waals surface area contributed by atoms with Gasteiger partial charge in [-0.25, -0.2) is 0 Å². The molecule has 1 fully saturated rings. The summed E-state index contributed by atoms with van der Waals surface area (Å²) in [5.41, 5.74) is 1.18. The minimum absolute atomic E-state index is 0.0706. The molecule has 106 valence electrons. The van der Waals surface area contributed by atoms with Crippen molar-refractivity contribution in [2.45, 2.75) is 31.9 Å². The van der Waals surface area contributed by atoms with E-state index in [9.17, 15) is 0 Å². The van der Waals surface area contributed by atoms with Gasteiger partial charge in [0, 0.05) is 0 Å². The van der Waals surface area contributed by atoms with E-state index in [1.807, 2.05) is 24.3 Å². The Bertz CT molecular complexity index is 560. The Morgan fingerprint density at radius 1 is 1.25 bits per heavy atom. The molecule has 0 radical (unpaired) electrons. The molecule has 0 amide bonds. The van der Waals surface area contributed by atoms with Crippen molar-refractivity contribution < 1.29 is 9.15 Å². The fraction of sp³-hybridized carbons (Fsp3) is 0.375. The zero-order valence-electron chi connectivity index (χ0n) is 11.4. The van der Waals surface area contributed by atoms with Gasteiger partial charge in [0.2, 0.25) is 0 Å². The maximum absolute atomic E-state index is 5.78. The Balaban J connectivity index is 1.79. The molecule has 0 spiro atoms. The van der Waals surface area contributed by atoms with Crippen LogP contribution in [0.25, 0.3) is 0 Å². The molecule has 1 unspecified atom stereocenters. The van der Waals surface area contributed by atoms with Gasteiger partial charge in [-0.05, 0) is 65.1 Å². The topological polar surface area (TPSA) is 34.4 Å². The average Bonchev–Trinajstić information content (AvgIpc) is 3.17. The molecule has 1 aliphatic rings. The Morgan fingerprint density at radius 2 is 2.00 bits per heavy atom. The third-order valence-electron chi connectivity index (χ3n) is 3.33. The number of furan rings is 1. The van der Waals surface area contributed by atoms with Crippen molar-refractivity contribution in [1.29, 1.82) is 0 Å². The fourth-order valence-electron chi connectivity index (χ4n) is 2.19. The maximum atomic E-state index is 5.78. The van der Waals surface area contributed by atoms with Crippen LogP contribution in [0.1, 0.15) is 37.1 Å². The summed E-state index contributed by atoms with van der Waals surface area (Å²) in [6.45, 7) is 2.97. The van der Waals surface area contributed by atoms with Crippen LogP contribution in [0.4, 0.5) is 0 Å². The number of benzene rings is 1. The van der Waals surface area contributed by atoms with Crippen molar-refractivity contribution in [3.63, 3.8) is 0 Å². The minimum atomic E-state index is 0.0706. The second kappa shape index (κ2) is 6.02. The summed E-state index contributed by atoms with van der Waals surface area (Å²) in [4.78, 5) is 0. The van der Waals surface area contributed by atoms with Crippen LogP contribution in [0.5, 0.6) is 5.75 Å². The standard InChI is InChI=1S/C16H18BrNO2/c1-2-18-16(14-9-10-15(17)20-14)11-3-5-12(6-4-11)19-13-7-8-13/h3-6,9-10,13,16,18H,2,7-8H2,1H3. The van der Waals surface area contributed by atoms with Crippen molar-refractivity contribution in [2.75, 3.05) is 6.54 Å². The summed E-state index contributed by atoms with van der Waals surface area (Å²) in [6, 6.07) is 12.3. The van der Waals surface area contributed by atoms with E-state index in [1.54, 1.807) is 0 Å². The fourth-order valence-corrected chi connectivity index (χ4v) is 2.51. The van der Waals surface area contributed by atoms with Crippen molar-refractivity contribution in [3.05, 3.63) is 52.4 Å². The molecule has 3 rings (SSSR count). The lowest BCUT2D eigenvalue weighted by atomic mass is 10.0. The van der Waals surface area contributed by atoms with E-state index in [0.29, 0.717) is 6.10 Å². The highest BCUT2D eigenvalue weighted by Crippen LogP contribution is 2.30. The van der Waals surface area contributed by atoms with E-state index in [-0.39, 0.29) is 6.04 Å². The van der Waals surface area contributed by atoms with E-state index in [1.165, 1.54) is 18.4 Å². The molecule has 1 aromatic carbocycles. The lowest BCUT2D eigenvalue weighted by Gasteiger charge is -2.16. The number of nitrogens with one attached hydrogen (secondary N) is 1. The lowest BCUT2D eigenvalue weighted by molar-refractivity contribution is 0.303. The zero-order chi connectivity index (χ0) is 13.9. The maximum Gasteiger partial charge on any atom is 0.169 e. The molecule has 1 atom stereocenters. The van der Waals surface area contributed by atoms with E-state index in [0.717, 1.165) is 22.7 Å². The quantitative estimate of drug-likeness (QED) is 0.855. The average molecular weight is 336 g/mol. The van der Waals surface area contributed by atoms with Crippen molar-refractivity contribution in [2.24, 2.45) is 0 Å². The number of hydrogen-bond acceptors (Lipinski definition) is 3. The van der Waals surface area contributed by atoms with Gasteiger partial charge in [0.25, 0.3) is 0 Å². The normalized spacial score (nSPS) is 16.1. The summed E-state index contributed by atoms with van der Waals surface area (Å²) in [6.07, 6.45) is 2.80. The van der Waals surface area contributed by atoms with Crippen LogP contribution in [0.3, 0.4) is 0 Å². The molecule has 3 nitrogen and oxygen atoms in total. The van der Waals surface area contributed by atoms with E-state index in [4.69, 9.17) is 9.15 Å². The first-order valence-electron chi connectivity index (χ1n) is 7.01. The van der Waals surface area contributed by atoms with Crippen LogP contribution in [0, 0.1) is 0 Å². The Kier molecular flexibility index (Phi) is 4.13. The first-order valence-corrected chi connectivity index (χ1v) is 7.81. The van der Waals surface area contributed by atoms with Crippen molar-refractivity contribution in [1.82, 2.24) is 5.32 Å². The smallest absolute Gasteiger partial charge is 0.169 e. The molecule has 1 aromatic heterocycles. The molecule has 2 aromatic rings. The Hall–Kier alpha value is -1.26. The summed E-state index contributed by atoms with van der Waals surface area (Å²) in [7, 11) is 0. The summed E-state index contributed by atoms with van der Waals surface area (Å²) in [5.74, 6) is 1.86. The highest BCUT2D eigenvalue weighted by atomic mass is 79.9. The zero-order valence-corrected chi connectivity index (χ0v) is 13.0.